The number of benzene rings is 2. The highest BCUT2D eigenvalue weighted by molar-refractivity contribution is 7.98. The first-order valence-electron chi connectivity index (χ1n) is 9.32. The van der Waals surface area contributed by atoms with Crippen LogP contribution in [0.15, 0.2) is 64.9 Å². The summed E-state index contributed by atoms with van der Waals surface area (Å²) in [4.78, 5) is 22.8. The van der Waals surface area contributed by atoms with Crippen molar-refractivity contribution in [2.75, 3.05) is 6.26 Å². The van der Waals surface area contributed by atoms with Gasteiger partial charge in [-0.3, -0.25) is 14.8 Å². The first-order chi connectivity index (χ1) is 13.6. The molecule has 2 aromatic carbocycles. The molecule has 0 N–H and O–H groups in total. The van der Waals surface area contributed by atoms with Crippen LogP contribution in [0.1, 0.15) is 37.4 Å². The zero-order valence-electron chi connectivity index (χ0n) is 16.2. The molecule has 4 rings (SSSR count). The van der Waals surface area contributed by atoms with E-state index in [1.54, 1.807) is 29.2 Å². The molecule has 0 unspecified atom stereocenters. The van der Waals surface area contributed by atoms with Crippen LogP contribution in [-0.2, 0) is 4.79 Å². The van der Waals surface area contributed by atoms with E-state index in [0.717, 1.165) is 27.9 Å². The fourth-order valence-corrected chi connectivity index (χ4v) is 3.79. The molecule has 0 radical (unpaired) electrons. The molecule has 28 heavy (non-hydrogen) atoms. The number of thioether (sulfide) groups is 1. The summed E-state index contributed by atoms with van der Waals surface area (Å²) in [6, 6.07) is 14.2. The lowest BCUT2D eigenvalue weighted by Gasteiger charge is -2.23. The van der Waals surface area contributed by atoms with Crippen molar-refractivity contribution in [3.05, 3.63) is 66.0 Å². The molecule has 0 fully saturated rings. The van der Waals surface area contributed by atoms with Crippen LogP contribution in [0.5, 0.6) is 0 Å². The highest BCUT2D eigenvalue weighted by Crippen LogP contribution is 2.35. The molecule has 0 spiro atoms. The molecule has 6 heteroatoms. The van der Waals surface area contributed by atoms with Crippen LogP contribution in [0.4, 0.5) is 0 Å². The third-order valence-corrected chi connectivity index (χ3v) is 5.68. The fraction of sp³-hybridized carbons (Fsp3) is 0.273. The second-order valence-corrected chi connectivity index (χ2v) is 8.02. The highest BCUT2D eigenvalue weighted by Gasteiger charge is 2.34. The number of aromatic nitrogens is 2. The molecule has 0 saturated carbocycles. The minimum atomic E-state index is -0.128. The summed E-state index contributed by atoms with van der Waals surface area (Å²) in [5.74, 6) is -0.0929. The molecule has 0 saturated heterocycles. The number of hydrogen-bond acceptors (Lipinski definition) is 5. The smallest absolute Gasteiger partial charge is 0.245 e. The maximum atomic E-state index is 12.9. The van der Waals surface area contributed by atoms with Gasteiger partial charge in [-0.25, -0.2) is 5.01 Å². The Morgan fingerprint density at radius 3 is 2.46 bits per heavy atom. The number of carbonyl (C=O) groups is 1. The van der Waals surface area contributed by atoms with Gasteiger partial charge in [0.25, 0.3) is 0 Å². The summed E-state index contributed by atoms with van der Waals surface area (Å²) < 4.78 is 0. The minimum Gasteiger partial charge on any atom is -0.273 e. The van der Waals surface area contributed by atoms with Crippen LogP contribution in [-0.4, -0.2) is 32.9 Å². The van der Waals surface area contributed by atoms with Crippen LogP contribution in [0.2, 0.25) is 0 Å². The van der Waals surface area contributed by atoms with Gasteiger partial charge in [-0.1, -0.05) is 32.0 Å². The number of hydrazone groups is 1. The Bertz CT molecular complexity index is 1050. The Labute approximate surface area is 168 Å². The lowest BCUT2D eigenvalue weighted by atomic mass is 9.97. The van der Waals surface area contributed by atoms with Crippen LogP contribution in [0.3, 0.4) is 0 Å². The van der Waals surface area contributed by atoms with Crippen LogP contribution >= 0.6 is 11.8 Å². The van der Waals surface area contributed by atoms with Gasteiger partial charge >= 0.3 is 0 Å². The van der Waals surface area contributed by atoms with Crippen molar-refractivity contribution < 1.29 is 4.79 Å². The Kier molecular flexibility index (Phi) is 5.13. The number of amides is 1. The normalized spacial score (nSPS) is 16.6. The minimum absolute atomic E-state index is 0.0278. The topological polar surface area (TPSA) is 58.5 Å². The summed E-state index contributed by atoms with van der Waals surface area (Å²) in [6.07, 6.45) is 6.12. The monoisotopic (exact) mass is 390 g/mol. The van der Waals surface area contributed by atoms with Crippen molar-refractivity contribution >= 4 is 34.4 Å². The van der Waals surface area contributed by atoms with Gasteiger partial charge in [0.1, 0.15) is 0 Å². The maximum Gasteiger partial charge on any atom is 0.245 e. The van der Waals surface area contributed by atoms with Crippen molar-refractivity contribution in [2.45, 2.75) is 31.2 Å². The van der Waals surface area contributed by atoms with Gasteiger partial charge in [-0.05, 0) is 41.6 Å². The van der Waals surface area contributed by atoms with E-state index in [2.05, 4.69) is 40.5 Å². The van der Waals surface area contributed by atoms with E-state index in [-0.39, 0.29) is 17.9 Å². The Balaban J connectivity index is 1.71. The second-order valence-electron chi connectivity index (χ2n) is 7.14. The first kappa shape index (κ1) is 18.6. The van der Waals surface area contributed by atoms with E-state index in [4.69, 9.17) is 5.10 Å². The predicted molar refractivity (Wildman–Crippen MR) is 113 cm³/mol. The zero-order valence-corrected chi connectivity index (χ0v) is 17.0. The molecule has 0 aliphatic carbocycles. The van der Waals surface area contributed by atoms with Gasteiger partial charge in [0.15, 0.2) is 0 Å². The standard InChI is InChI=1S/C22H22N4OS/c1-14(2)22(27)26-21(16-6-9-18-20(12-16)24-11-10-23-18)13-19(25-26)15-4-7-17(28-3)8-5-15/h4-12,14,21H,13H2,1-3H3/t21-/m0/s1. The summed E-state index contributed by atoms with van der Waals surface area (Å²) in [5.41, 5.74) is 4.70. The second kappa shape index (κ2) is 7.72. The average Bonchev–Trinajstić information content (AvgIpc) is 3.18. The molecule has 142 valence electrons. The van der Waals surface area contributed by atoms with Crippen molar-refractivity contribution in [3.8, 4) is 0 Å². The molecule has 1 aliphatic rings. The molecule has 1 aliphatic heterocycles. The Morgan fingerprint density at radius 2 is 1.79 bits per heavy atom. The molecular weight excluding hydrogens is 368 g/mol. The van der Waals surface area contributed by atoms with Crippen LogP contribution in [0, 0.1) is 5.92 Å². The van der Waals surface area contributed by atoms with Crippen LogP contribution < -0.4 is 0 Å². The zero-order chi connectivity index (χ0) is 19.7. The summed E-state index contributed by atoms with van der Waals surface area (Å²) in [5, 5.41) is 6.38. The Morgan fingerprint density at radius 1 is 1.07 bits per heavy atom. The van der Waals surface area contributed by atoms with Gasteiger partial charge in [0, 0.05) is 29.6 Å². The van der Waals surface area contributed by atoms with Crippen molar-refractivity contribution in [2.24, 2.45) is 11.0 Å². The van der Waals surface area contributed by atoms with Gasteiger partial charge in [0.2, 0.25) is 5.91 Å². The van der Waals surface area contributed by atoms with Crippen molar-refractivity contribution in [1.82, 2.24) is 15.0 Å². The van der Waals surface area contributed by atoms with Gasteiger partial charge in [-0.2, -0.15) is 5.10 Å². The largest absolute Gasteiger partial charge is 0.273 e. The van der Waals surface area contributed by atoms with Crippen molar-refractivity contribution in [3.63, 3.8) is 0 Å². The average molecular weight is 391 g/mol. The number of rotatable bonds is 4. The first-order valence-corrected chi connectivity index (χ1v) is 10.5. The van der Waals surface area contributed by atoms with Gasteiger partial charge in [-0.15, -0.1) is 11.8 Å². The maximum absolute atomic E-state index is 12.9. The molecular formula is C22H22N4OS. The van der Waals surface area contributed by atoms with E-state index in [1.807, 2.05) is 32.0 Å². The van der Waals surface area contributed by atoms with Crippen molar-refractivity contribution in [1.29, 1.82) is 0 Å². The summed E-state index contributed by atoms with van der Waals surface area (Å²) in [7, 11) is 0. The third kappa shape index (κ3) is 3.52. The fourth-order valence-electron chi connectivity index (χ4n) is 3.38. The number of carbonyl (C=O) groups excluding carboxylic acids is 1. The molecule has 1 aromatic heterocycles. The van der Waals surface area contributed by atoms with Gasteiger partial charge in [0.05, 0.1) is 22.8 Å². The third-order valence-electron chi connectivity index (χ3n) is 4.93. The molecule has 0 bridgehead atoms. The SMILES string of the molecule is CSc1ccc(C2=NN(C(=O)C(C)C)[C@H](c3ccc4nccnc4c3)C2)cc1. The molecule has 2 heterocycles. The molecule has 5 nitrogen and oxygen atoms in total. The lowest BCUT2D eigenvalue weighted by molar-refractivity contribution is -0.136. The number of nitrogens with zero attached hydrogens (tertiary/aromatic N) is 4. The highest BCUT2D eigenvalue weighted by atomic mass is 32.2. The number of fused-ring (bicyclic) bond motifs is 1. The van der Waals surface area contributed by atoms with E-state index in [0.29, 0.717) is 6.42 Å². The quantitative estimate of drug-likeness (QED) is 0.607. The van der Waals surface area contributed by atoms with E-state index < -0.39 is 0 Å². The molecule has 3 aromatic rings. The van der Waals surface area contributed by atoms with E-state index >= 15 is 0 Å². The molecule has 1 amide bonds. The Hall–Kier alpha value is -2.73. The van der Waals surface area contributed by atoms with E-state index in [9.17, 15) is 4.79 Å². The summed E-state index contributed by atoms with van der Waals surface area (Å²) >= 11 is 1.71. The summed E-state index contributed by atoms with van der Waals surface area (Å²) in [6.45, 7) is 3.82. The number of hydrogen-bond donors (Lipinski definition) is 0. The van der Waals surface area contributed by atoms with E-state index in [1.165, 1.54) is 4.90 Å². The predicted octanol–water partition coefficient (Wildman–Crippen LogP) is 4.69. The lowest BCUT2D eigenvalue weighted by Crippen LogP contribution is -2.30. The van der Waals surface area contributed by atoms with Crippen LogP contribution in [0.25, 0.3) is 11.0 Å². The van der Waals surface area contributed by atoms with Gasteiger partial charge < -0.3 is 0 Å². The molecule has 1 atom stereocenters.